The van der Waals surface area contributed by atoms with Crippen molar-refractivity contribution in [3.05, 3.63) is 30.1 Å². The average molecular weight is 269 g/mol. The fourth-order valence-electron chi connectivity index (χ4n) is 1.16. The molecule has 8 nitrogen and oxygen atoms in total. The zero-order chi connectivity index (χ0) is 14.3. The molecule has 8 heteroatoms. The number of carbonyl (C=O) groups is 1. The van der Waals surface area contributed by atoms with E-state index in [4.69, 9.17) is 10.2 Å². The summed E-state index contributed by atoms with van der Waals surface area (Å²) in [5.74, 6) is -0.511. The quantitative estimate of drug-likeness (QED) is 0.296. The molecule has 0 radical (unpaired) electrons. The van der Waals surface area contributed by atoms with E-state index in [2.05, 4.69) is 15.5 Å². The Morgan fingerprint density at radius 1 is 1.37 bits per heavy atom. The van der Waals surface area contributed by atoms with Crippen molar-refractivity contribution >= 4 is 12.1 Å². The second kappa shape index (κ2) is 7.54. The molecule has 0 aliphatic heterocycles. The third-order valence-electron chi connectivity index (χ3n) is 2.27. The molecule has 0 fully saturated rings. The van der Waals surface area contributed by atoms with E-state index in [1.165, 1.54) is 24.5 Å². The third-order valence-corrected chi connectivity index (χ3v) is 2.27. The maximum Gasteiger partial charge on any atom is 0.271 e. The lowest BCUT2D eigenvalue weighted by molar-refractivity contribution is -0.0542. The predicted octanol–water partition coefficient (Wildman–Crippen LogP) is -2.13. The number of aromatic nitrogens is 1. The van der Waals surface area contributed by atoms with Gasteiger partial charge in [-0.05, 0) is 12.1 Å². The van der Waals surface area contributed by atoms with Crippen molar-refractivity contribution < 1.29 is 25.2 Å². The van der Waals surface area contributed by atoms with E-state index in [1.54, 1.807) is 0 Å². The minimum Gasteiger partial charge on any atom is -0.394 e. The number of pyridine rings is 1. The van der Waals surface area contributed by atoms with Crippen LogP contribution in [0.1, 0.15) is 10.4 Å². The first-order chi connectivity index (χ1) is 9.06. The molecule has 0 spiro atoms. The van der Waals surface area contributed by atoms with Gasteiger partial charge in [-0.1, -0.05) is 0 Å². The molecule has 0 aliphatic rings. The zero-order valence-electron chi connectivity index (χ0n) is 9.92. The van der Waals surface area contributed by atoms with E-state index >= 15 is 0 Å². The highest BCUT2D eigenvalue weighted by Gasteiger charge is 2.22. The van der Waals surface area contributed by atoms with Crippen LogP contribution in [0.5, 0.6) is 0 Å². The van der Waals surface area contributed by atoms with E-state index in [0.29, 0.717) is 5.56 Å². The van der Waals surface area contributed by atoms with Gasteiger partial charge in [-0.25, -0.2) is 5.43 Å². The van der Waals surface area contributed by atoms with Crippen molar-refractivity contribution in [3.63, 3.8) is 0 Å². The number of aliphatic hydroxyl groups excluding tert-OH is 4. The smallest absolute Gasteiger partial charge is 0.271 e. The number of nitrogens with one attached hydrogen (secondary N) is 1. The first kappa shape index (κ1) is 15.2. The standard InChI is InChI=1S/C11H15N3O5/c15-6-9(17)10(18)8(16)5-13-14-11(19)7-1-3-12-4-2-7/h1-5,8-10,15-18H,6H2,(H,14,19)/t8-,9-,10-/m1/s1. The van der Waals surface area contributed by atoms with Crippen molar-refractivity contribution in [2.75, 3.05) is 6.61 Å². The minimum atomic E-state index is -1.59. The molecular weight excluding hydrogens is 254 g/mol. The lowest BCUT2D eigenvalue weighted by atomic mass is 10.1. The number of rotatable bonds is 6. The van der Waals surface area contributed by atoms with Gasteiger partial charge in [-0.2, -0.15) is 5.10 Å². The highest BCUT2D eigenvalue weighted by atomic mass is 16.4. The Morgan fingerprint density at radius 2 is 2.00 bits per heavy atom. The number of hydrogen-bond donors (Lipinski definition) is 5. The summed E-state index contributed by atoms with van der Waals surface area (Å²) in [5.41, 5.74) is 2.46. The van der Waals surface area contributed by atoms with Crippen molar-refractivity contribution in [1.29, 1.82) is 0 Å². The summed E-state index contributed by atoms with van der Waals surface area (Å²) >= 11 is 0. The molecule has 3 atom stereocenters. The predicted molar refractivity (Wildman–Crippen MR) is 65.3 cm³/mol. The Balaban J connectivity index is 2.48. The highest BCUT2D eigenvalue weighted by Crippen LogP contribution is 1.98. The summed E-state index contributed by atoms with van der Waals surface area (Å²) in [7, 11) is 0. The van der Waals surface area contributed by atoms with Gasteiger partial charge in [0.15, 0.2) is 0 Å². The number of carbonyl (C=O) groups excluding carboxylic acids is 1. The molecule has 0 saturated carbocycles. The van der Waals surface area contributed by atoms with Crippen LogP contribution in [0.25, 0.3) is 0 Å². The van der Waals surface area contributed by atoms with Gasteiger partial charge < -0.3 is 20.4 Å². The Bertz CT molecular complexity index is 426. The summed E-state index contributed by atoms with van der Waals surface area (Å²) in [5, 5.41) is 39.7. The summed E-state index contributed by atoms with van der Waals surface area (Å²) in [6.07, 6.45) is -0.865. The number of aliphatic hydroxyl groups is 4. The zero-order valence-corrected chi connectivity index (χ0v) is 9.92. The highest BCUT2D eigenvalue weighted by molar-refractivity contribution is 5.94. The van der Waals surface area contributed by atoms with Gasteiger partial charge in [0.1, 0.15) is 18.3 Å². The van der Waals surface area contributed by atoms with E-state index in [-0.39, 0.29) is 0 Å². The van der Waals surface area contributed by atoms with Crippen molar-refractivity contribution in [1.82, 2.24) is 10.4 Å². The van der Waals surface area contributed by atoms with Crippen molar-refractivity contribution in [2.45, 2.75) is 18.3 Å². The Hall–Kier alpha value is -1.87. The molecule has 0 saturated heterocycles. The van der Waals surface area contributed by atoms with Crippen LogP contribution in [-0.2, 0) is 0 Å². The number of nitrogens with zero attached hydrogens (tertiary/aromatic N) is 2. The molecule has 19 heavy (non-hydrogen) atoms. The fraction of sp³-hybridized carbons (Fsp3) is 0.364. The van der Waals surface area contributed by atoms with Crippen LogP contribution in [0, 0.1) is 0 Å². The van der Waals surface area contributed by atoms with Gasteiger partial charge in [0.2, 0.25) is 0 Å². The van der Waals surface area contributed by atoms with E-state index < -0.39 is 30.8 Å². The topological polar surface area (TPSA) is 135 Å². The third kappa shape index (κ3) is 4.72. The summed E-state index contributed by atoms with van der Waals surface area (Å²) in [6.45, 7) is -0.699. The monoisotopic (exact) mass is 269 g/mol. The van der Waals surface area contributed by atoms with E-state index in [0.717, 1.165) is 6.21 Å². The number of amides is 1. The van der Waals surface area contributed by atoms with Gasteiger partial charge in [0.05, 0.1) is 12.8 Å². The normalized spacial score (nSPS) is 16.0. The van der Waals surface area contributed by atoms with Crippen LogP contribution in [-0.4, -0.2) is 62.5 Å². The summed E-state index contributed by atoms with van der Waals surface area (Å²) in [4.78, 5) is 15.2. The molecular formula is C11H15N3O5. The molecule has 1 rings (SSSR count). The lowest BCUT2D eigenvalue weighted by Crippen LogP contribution is -2.40. The number of hydrogen-bond acceptors (Lipinski definition) is 7. The van der Waals surface area contributed by atoms with Crippen LogP contribution >= 0.6 is 0 Å². The number of hydrazone groups is 1. The van der Waals surface area contributed by atoms with Gasteiger partial charge >= 0.3 is 0 Å². The molecule has 1 heterocycles. The van der Waals surface area contributed by atoms with Gasteiger partial charge in [0, 0.05) is 18.0 Å². The van der Waals surface area contributed by atoms with E-state index in [9.17, 15) is 15.0 Å². The van der Waals surface area contributed by atoms with E-state index in [1.807, 2.05) is 0 Å². The van der Waals surface area contributed by atoms with Gasteiger partial charge in [-0.15, -0.1) is 0 Å². The van der Waals surface area contributed by atoms with Crippen LogP contribution in [0.15, 0.2) is 29.6 Å². The Morgan fingerprint density at radius 3 is 2.58 bits per heavy atom. The summed E-state index contributed by atoms with van der Waals surface area (Å²) in [6, 6.07) is 2.96. The molecule has 0 aromatic carbocycles. The van der Waals surface area contributed by atoms with Crippen LogP contribution in [0.4, 0.5) is 0 Å². The van der Waals surface area contributed by atoms with Gasteiger partial charge in [-0.3, -0.25) is 9.78 Å². The molecule has 104 valence electrons. The molecule has 5 N–H and O–H groups in total. The Kier molecular flexibility index (Phi) is 6.03. The van der Waals surface area contributed by atoms with Crippen molar-refractivity contribution in [3.8, 4) is 0 Å². The second-order valence-corrected chi connectivity index (χ2v) is 3.69. The van der Waals surface area contributed by atoms with Crippen LogP contribution < -0.4 is 5.43 Å². The second-order valence-electron chi connectivity index (χ2n) is 3.69. The summed E-state index contributed by atoms with van der Waals surface area (Å²) < 4.78 is 0. The fourth-order valence-corrected chi connectivity index (χ4v) is 1.16. The largest absolute Gasteiger partial charge is 0.394 e. The van der Waals surface area contributed by atoms with Crippen LogP contribution in [0.3, 0.4) is 0 Å². The molecule has 0 bridgehead atoms. The first-order valence-electron chi connectivity index (χ1n) is 5.45. The maximum atomic E-state index is 11.5. The molecule has 1 amide bonds. The lowest BCUT2D eigenvalue weighted by Gasteiger charge is -2.17. The molecule has 1 aromatic heterocycles. The maximum absolute atomic E-state index is 11.5. The minimum absolute atomic E-state index is 0.331. The molecule has 0 aliphatic carbocycles. The molecule has 0 unspecified atom stereocenters. The Labute approximate surface area is 109 Å². The SMILES string of the molecule is O=C(NN=C[C@@H](O)[C@@H](O)[C@H](O)CO)c1ccncc1. The first-order valence-corrected chi connectivity index (χ1v) is 5.45. The van der Waals surface area contributed by atoms with Gasteiger partial charge in [0.25, 0.3) is 5.91 Å². The average Bonchev–Trinajstić information content (AvgIpc) is 2.46. The molecule has 1 aromatic rings. The van der Waals surface area contributed by atoms with Crippen LogP contribution in [0.2, 0.25) is 0 Å². The van der Waals surface area contributed by atoms with Crippen molar-refractivity contribution in [2.24, 2.45) is 5.10 Å².